The molecule has 1 aromatic heterocycles. The van der Waals surface area contributed by atoms with Crippen LogP contribution in [0.5, 0.6) is 0 Å². The van der Waals surface area contributed by atoms with Crippen molar-refractivity contribution in [1.29, 1.82) is 0 Å². The lowest BCUT2D eigenvalue weighted by molar-refractivity contribution is -0.0443. The summed E-state index contributed by atoms with van der Waals surface area (Å²) in [5, 5.41) is 3.19. The van der Waals surface area contributed by atoms with Crippen LogP contribution < -0.4 is 5.32 Å². The maximum absolute atomic E-state index is 5.96. The van der Waals surface area contributed by atoms with Gasteiger partial charge in [0.2, 0.25) is 6.35 Å². The molecule has 0 aliphatic carbocycles. The number of nitrogens with zero attached hydrogens (tertiary/aromatic N) is 3. The van der Waals surface area contributed by atoms with Gasteiger partial charge in [0.1, 0.15) is 0 Å². The third kappa shape index (κ3) is 3.23. The van der Waals surface area contributed by atoms with Crippen LogP contribution in [0.15, 0.2) is 35.6 Å². The molecule has 0 bridgehead atoms. The summed E-state index contributed by atoms with van der Waals surface area (Å²) in [5.41, 5.74) is 1.90. The summed E-state index contributed by atoms with van der Waals surface area (Å²) in [6.07, 6.45) is 7.71. The van der Waals surface area contributed by atoms with Gasteiger partial charge in [-0.25, -0.2) is 4.99 Å². The number of aromatic nitrogens is 1. The zero-order chi connectivity index (χ0) is 13.8. The molecule has 1 saturated heterocycles. The number of pyridine rings is 1. The van der Waals surface area contributed by atoms with E-state index in [-0.39, 0.29) is 6.35 Å². The molecule has 1 N–H and O–H groups in total. The normalized spacial score (nSPS) is 24.2. The Balaban J connectivity index is 1.54. The number of hydrogen-bond donors (Lipinski definition) is 1. The molecule has 0 aromatic carbocycles. The largest absolute Gasteiger partial charge is 0.347 e. The Labute approximate surface area is 119 Å². The van der Waals surface area contributed by atoms with Crippen molar-refractivity contribution in [1.82, 2.24) is 15.2 Å². The zero-order valence-electron chi connectivity index (χ0n) is 11.7. The van der Waals surface area contributed by atoms with Crippen molar-refractivity contribution < 1.29 is 4.74 Å². The fourth-order valence-corrected chi connectivity index (χ4v) is 2.44. The molecule has 0 spiro atoms. The lowest BCUT2D eigenvalue weighted by Gasteiger charge is -2.31. The van der Waals surface area contributed by atoms with E-state index in [1.54, 1.807) is 6.20 Å². The average molecular weight is 272 g/mol. The number of hydrogen-bond acceptors (Lipinski definition) is 5. The van der Waals surface area contributed by atoms with Crippen molar-refractivity contribution in [3.05, 3.63) is 36.3 Å². The first-order valence-electron chi connectivity index (χ1n) is 7.06. The van der Waals surface area contributed by atoms with Crippen molar-refractivity contribution in [2.75, 3.05) is 20.1 Å². The second kappa shape index (κ2) is 6.15. The molecule has 1 unspecified atom stereocenters. The number of piperidine rings is 1. The number of ether oxygens (including phenoxy) is 1. The molecule has 5 nitrogen and oxygen atoms in total. The highest BCUT2D eigenvalue weighted by Gasteiger charge is 2.21. The van der Waals surface area contributed by atoms with Crippen molar-refractivity contribution in [3.63, 3.8) is 0 Å². The number of likely N-dealkylation sites (tertiary alicyclic amines) is 1. The van der Waals surface area contributed by atoms with Crippen molar-refractivity contribution >= 4 is 11.8 Å². The van der Waals surface area contributed by atoms with Gasteiger partial charge in [-0.05, 0) is 32.0 Å². The van der Waals surface area contributed by atoms with Gasteiger partial charge in [0, 0.05) is 37.3 Å². The van der Waals surface area contributed by atoms with Gasteiger partial charge in [0.05, 0.1) is 11.8 Å². The summed E-state index contributed by atoms with van der Waals surface area (Å²) in [6, 6.07) is 5.85. The molecule has 1 fully saturated rings. The van der Waals surface area contributed by atoms with Gasteiger partial charge in [-0.2, -0.15) is 0 Å². The molecule has 0 saturated carbocycles. The molecule has 1 atom stereocenters. The summed E-state index contributed by atoms with van der Waals surface area (Å²) in [4.78, 5) is 11.1. The Morgan fingerprint density at radius 2 is 2.15 bits per heavy atom. The monoisotopic (exact) mass is 272 g/mol. The maximum Gasteiger partial charge on any atom is 0.225 e. The van der Waals surface area contributed by atoms with E-state index in [4.69, 9.17) is 4.74 Å². The molecule has 2 aliphatic heterocycles. The van der Waals surface area contributed by atoms with E-state index >= 15 is 0 Å². The van der Waals surface area contributed by atoms with E-state index in [9.17, 15) is 0 Å². The van der Waals surface area contributed by atoms with Crippen LogP contribution in [0, 0.1) is 0 Å². The average Bonchev–Trinajstić information content (AvgIpc) is 2.51. The smallest absolute Gasteiger partial charge is 0.225 e. The third-order valence-electron chi connectivity index (χ3n) is 3.68. The molecule has 0 amide bonds. The predicted molar refractivity (Wildman–Crippen MR) is 79.2 cm³/mol. The van der Waals surface area contributed by atoms with Crippen molar-refractivity contribution in [3.8, 4) is 0 Å². The first kappa shape index (κ1) is 13.3. The van der Waals surface area contributed by atoms with Gasteiger partial charge in [0.25, 0.3) is 0 Å². The molecule has 5 heteroatoms. The van der Waals surface area contributed by atoms with Crippen molar-refractivity contribution in [2.45, 2.75) is 25.3 Å². The standard InChI is InChI=1S/C15H20N4O/c1-19-8-5-13(6-9-19)20-15-17-10-12(11-18-15)14-4-2-3-7-16-14/h2-4,7,10-11,13,15,17H,5-6,8-9H2,1H3. The Hall–Kier alpha value is -1.72. The molecule has 20 heavy (non-hydrogen) atoms. The lowest BCUT2D eigenvalue weighted by atomic mass is 10.1. The van der Waals surface area contributed by atoms with E-state index in [1.807, 2.05) is 30.6 Å². The molecule has 106 valence electrons. The van der Waals surface area contributed by atoms with Gasteiger partial charge in [-0.1, -0.05) is 6.07 Å². The zero-order valence-corrected chi connectivity index (χ0v) is 11.7. The molecule has 3 heterocycles. The van der Waals surface area contributed by atoms with Crippen LogP contribution >= 0.6 is 0 Å². The van der Waals surface area contributed by atoms with Crippen LogP contribution in [0.25, 0.3) is 5.57 Å². The Bertz CT molecular complexity index is 492. The van der Waals surface area contributed by atoms with Gasteiger partial charge < -0.3 is 15.0 Å². The van der Waals surface area contributed by atoms with Crippen LogP contribution in [0.1, 0.15) is 18.5 Å². The maximum atomic E-state index is 5.96. The molecule has 0 radical (unpaired) electrons. The van der Waals surface area contributed by atoms with Crippen LogP contribution in [0.2, 0.25) is 0 Å². The summed E-state index contributed by atoms with van der Waals surface area (Å²) >= 11 is 0. The molecular weight excluding hydrogens is 252 g/mol. The highest BCUT2D eigenvalue weighted by molar-refractivity contribution is 6.09. The molecule has 3 rings (SSSR count). The molecule has 2 aliphatic rings. The van der Waals surface area contributed by atoms with Gasteiger partial charge in [-0.3, -0.25) is 4.98 Å². The third-order valence-corrected chi connectivity index (χ3v) is 3.68. The van der Waals surface area contributed by atoms with Crippen LogP contribution in [-0.2, 0) is 4.74 Å². The molecule has 1 aromatic rings. The highest BCUT2D eigenvalue weighted by Crippen LogP contribution is 2.16. The first-order valence-corrected chi connectivity index (χ1v) is 7.06. The molecular formula is C15H20N4O. The van der Waals surface area contributed by atoms with Gasteiger partial charge >= 0.3 is 0 Å². The van der Waals surface area contributed by atoms with E-state index in [2.05, 4.69) is 27.2 Å². The van der Waals surface area contributed by atoms with Crippen LogP contribution in [-0.4, -0.2) is 48.7 Å². The van der Waals surface area contributed by atoms with Gasteiger partial charge in [-0.15, -0.1) is 0 Å². The minimum Gasteiger partial charge on any atom is -0.347 e. The second-order valence-corrected chi connectivity index (χ2v) is 5.25. The number of aliphatic imine (C=N–C) groups is 1. The van der Waals surface area contributed by atoms with E-state index < -0.39 is 0 Å². The fraction of sp³-hybridized carbons (Fsp3) is 0.467. The van der Waals surface area contributed by atoms with Crippen LogP contribution in [0.4, 0.5) is 0 Å². The summed E-state index contributed by atoms with van der Waals surface area (Å²) in [7, 11) is 2.15. The second-order valence-electron chi connectivity index (χ2n) is 5.25. The fourth-order valence-electron chi connectivity index (χ4n) is 2.44. The highest BCUT2D eigenvalue weighted by atomic mass is 16.5. The van der Waals surface area contributed by atoms with E-state index in [0.717, 1.165) is 37.2 Å². The Kier molecular flexibility index (Phi) is 4.08. The van der Waals surface area contributed by atoms with E-state index in [0.29, 0.717) is 6.10 Å². The minimum absolute atomic E-state index is 0.268. The summed E-state index contributed by atoms with van der Waals surface area (Å²) in [5.74, 6) is 0. The number of nitrogens with one attached hydrogen (secondary N) is 1. The SMILES string of the molecule is CN1CCC(OC2N=CC(c3ccccn3)=CN2)CC1. The Morgan fingerprint density at radius 3 is 2.80 bits per heavy atom. The van der Waals surface area contributed by atoms with Crippen molar-refractivity contribution in [2.24, 2.45) is 4.99 Å². The number of allylic oxidation sites excluding steroid dienone is 1. The summed E-state index contributed by atoms with van der Waals surface area (Å²) in [6.45, 7) is 2.19. The minimum atomic E-state index is -0.268. The van der Waals surface area contributed by atoms with Crippen LogP contribution in [0.3, 0.4) is 0 Å². The first-order chi connectivity index (χ1) is 9.81. The topological polar surface area (TPSA) is 49.8 Å². The quantitative estimate of drug-likeness (QED) is 0.906. The summed E-state index contributed by atoms with van der Waals surface area (Å²) < 4.78 is 5.96. The van der Waals surface area contributed by atoms with E-state index in [1.165, 1.54) is 0 Å². The number of rotatable bonds is 3. The Morgan fingerprint density at radius 1 is 1.30 bits per heavy atom. The lowest BCUT2D eigenvalue weighted by Crippen LogP contribution is -2.39. The predicted octanol–water partition coefficient (Wildman–Crippen LogP) is 1.49. The van der Waals surface area contributed by atoms with Gasteiger partial charge in [0.15, 0.2) is 0 Å².